The van der Waals surface area contributed by atoms with Gasteiger partial charge in [0.2, 0.25) is 0 Å². The highest BCUT2D eigenvalue weighted by Gasteiger charge is 2.01. The normalized spacial score (nSPS) is 10.8. The van der Waals surface area contributed by atoms with Gasteiger partial charge in [0.15, 0.2) is 0 Å². The second-order valence-electron chi connectivity index (χ2n) is 2.83. The van der Waals surface area contributed by atoms with Crippen molar-refractivity contribution >= 4 is 27.7 Å². The fraction of sp³-hybridized carbons (Fsp3) is 0.300. The van der Waals surface area contributed by atoms with Crippen LogP contribution in [-0.2, 0) is 0 Å². The Morgan fingerprint density at radius 3 is 2.58 bits per heavy atom. The summed E-state index contributed by atoms with van der Waals surface area (Å²) in [7, 11) is 0. The summed E-state index contributed by atoms with van der Waals surface area (Å²) in [6.45, 7) is 6.10. The van der Waals surface area contributed by atoms with Crippen LogP contribution in [-0.4, -0.2) is 6.26 Å². The van der Waals surface area contributed by atoms with Crippen LogP contribution in [0.15, 0.2) is 27.6 Å². The minimum absolute atomic E-state index is 0.355. The second kappa shape index (κ2) is 4.33. The van der Waals surface area contributed by atoms with Crippen LogP contribution in [0.5, 0.6) is 0 Å². The van der Waals surface area contributed by atoms with Crippen molar-refractivity contribution in [1.82, 2.24) is 0 Å². The van der Waals surface area contributed by atoms with Gasteiger partial charge in [0, 0.05) is 9.37 Å². The van der Waals surface area contributed by atoms with Crippen molar-refractivity contribution in [2.24, 2.45) is 0 Å². The molecule has 0 nitrogen and oxygen atoms in total. The number of hydrogen-bond donors (Lipinski definition) is 0. The van der Waals surface area contributed by atoms with Crippen LogP contribution in [0, 0.1) is 6.92 Å². The fourth-order valence-electron chi connectivity index (χ4n) is 0.987. The average Bonchev–Trinajstić information content (AvgIpc) is 2.03. The molecule has 0 spiro atoms. The molecule has 0 aliphatic heterocycles. The van der Waals surface area contributed by atoms with Crippen molar-refractivity contribution in [3.63, 3.8) is 0 Å². The third kappa shape index (κ3) is 2.53. The molecular weight excluding hydrogens is 232 g/mol. The molecule has 0 aliphatic carbocycles. The molecule has 0 saturated carbocycles. The van der Waals surface area contributed by atoms with Crippen LogP contribution < -0.4 is 0 Å². The van der Waals surface area contributed by atoms with Crippen LogP contribution in [0.4, 0.5) is 0 Å². The van der Waals surface area contributed by atoms with Gasteiger partial charge in [-0.3, -0.25) is 0 Å². The SMILES string of the molecule is [CH2]C(C)c1cc(Br)cc(SC)c1. The van der Waals surface area contributed by atoms with E-state index in [2.05, 4.69) is 54.2 Å². The highest BCUT2D eigenvalue weighted by molar-refractivity contribution is 9.10. The molecule has 1 rings (SSSR count). The molecule has 65 valence electrons. The zero-order chi connectivity index (χ0) is 9.14. The summed E-state index contributed by atoms with van der Waals surface area (Å²) in [6, 6.07) is 6.43. The van der Waals surface area contributed by atoms with Gasteiger partial charge in [-0.2, -0.15) is 0 Å². The van der Waals surface area contributed by atoms with Crippen LogP contribution >= 0.6 is 27.7 Å². The standard InChI is InChI=1S/C10H12BrS/c1-7(2)8-4-9(11)6-10(5-8)12-3/h4-7H,1H2,2-3H3. The van der Waals surface area contributed by atoms with Crippen molar-refractivity contribution in [3.8, 4) is 0 Å². The van der Waals surface area contributed by atoms with Crippen molar-refractivity contribution < 1.29 is 0 Å². The zero-order valence-electron chi connectivity index (χ0n) is 7.30. The van der Waals surface area contributed by atoms with Crippen molar-refractivity contribution in [2.45, 2.75) is 17.7 Å². The molecule has 0 fully saturated rings. The van der Waals surface area contributed by atoms with Gasteiger partial charge in [-0.25, -0.2) is 0 Å². The van der Waals surface area contributed by atoms with Crippen LogP contribution in [0.2, 0.25) is 0 Å². The second-order valence-corrected chi connectivity index (χ2v) is 4.62. The summed E-state index contributed by atoms with van der Waals surface area (Å²) in [6.07, 6.45) is 2.08. The molecular formula is C10H12BrS. The summed E-state index contributed by atoms with van der Waals surface area (Å²) in [4.78, 5) is 1.29. The van der Waals surface area contributed by atoms with Gasteiger partial charge in [0.05, 0.1) is 0 Å². The van der Waals surface area contributed by atoms with E-state index in [0.29, 0.717) is 5.92 Å². The lowest BCUT2D eigenvalue weighted by Gasteiger charge is -2.07. The number of benzene rings is 1. The summed E-state index contributed by atoms with van der Waals surface area (Å²) in [5.74, 6) is 0.355. The number of hydrogen-bond acceptors (Lipinski definition) is 1. The van der Waals surface area contributed by atoms with Gasteiger partial charge < -0.3 is 0 Å². The molecule has 0 N–H and O–H groups in total. The van der Waals surface area contributed by atoms with E-state index in [1.165, 1.54) is 10.5 Å². The first kappa shape index (κ1) is 10.1. The highest BCUT2D eigenvalue weighted by atomic mass is 79.9. The topological polar surface area (TPSA) is 0 Å². The maximum absolute atomic E-state index is 4.00. The van der Waals surface area contributed by atoms with Crippen molar-refractivity contribution in [3.05, 3.63) is 35.2 Å². The van der Waals surface area contributed by atoms with Gasteiger partial charge in [0.1, 0.15) is 0 Å². The molecule has 0 amide bonds. The van der Waals surface area contributed by atoms with E-state index in [0.717, 1.165) is 4.47 Å². The monoisotopic (exact) mass is 243 g/mol. The Hall–Kier alpha value is 0.0500. The Morgan fingerprint density at radius 1 is 1.42 bits per heavy atom. The van der Waals surface area contributed by atoms with Gasteiger partial charge in [-0.05, 0) is 42.9 Å². The first-order valence-electron chi connectivity index (χ1n) is 3.81. The molecule has 0 bridgehead atoms. The molecule has 1 unspecified atom stereocenters. The third-order valence-electron chi connectivity index (χ3n) is 1.70. The van der Waals surface area contributed by atoms with Gasteiger partial charge in [-0.1, -0.05) is 22.9 Å². The lowest BCUT2D eigenvalue weighted by Crippen LogP contribution is -1.87. The van der Waals surface area contributed by atoms with E-state index in [-0.39, 0.29) is 0 Å². The molecule has 0 saturated heterocycles. The largest absolute Gasteiger partial charge is 0.130 e. The highest BCUT2D eigenvalue weighted by Crippen LogP contribution is 2.26. The predicted molar refractivity (Wildman–Crippen MR) is 59.7 cm³/mol. The summed E-state index contributed by atoms with van der Waals surface area (Å²) in [5.41, 5.74) is 1.29. The third-order valence-corrected chi connectivity index (χ3v) is 2.86. The van der Waals surface area contributed by atoms with E-state index >= 15 is 0 Å². The maximum atomic E-state index is 4.00. The number of halogens is 1. The van der Waals surface area contributed by atoms with E-state index in [1.54, 1.807) is 11.8 Å². The quantitative estimate of drug-likeness (QED) is 0.705. The summed E-state index contributed by atoms with van der Waals surface area (Å²) < 4.78 is 1.14. The Bertz CT molecular complexity index is 269. The molecule has 1 atom stereocenters. The smallest absolute Gasteiger partial charge is 0.0189 e. The Morgan fingerprint density at radius 2 is 2.08 bits per heavy atom. The Balaban J connectivity index is 3.06. The van der Waals surface area contributed by atoms with E-state index in [9.17, 15) is 0 Å². The molecule has 0 heterocycles. The molecule has 1 radical (unpaired) electrons. The average molecular weight is 244 g/mol. The van der Waals surface area contributed by atoms with Crippen LogP contribution in [0.3, 0.4) is 0 Å². The lowest BCUT2D eigenvalue weighted by molar-refractivity contribution is 0.955. The van der Waals surface area contributed by atoms with Crippen molar-refractivity contribution in [1.29, 1.82) is 0 Å². The minimum Gasteiger partial charge on any atom is -0.130 e. The molecule has 1 aromatic rings. The van der Waals surface area contributed by atoms with Crippen LogP contribution in [0.25, 0.3) is 0 Å². The molecule has 2 heteroatoms. The molecule has 1 aromatic carbocycles. The first-order valence-corrected chi connectivity index (χ1v) is 5.83. The van der Waals surface area contributed by atoms with Gasteiger partial charge in [-0.15, -0.1) is 11.8 Å². The number of thioether (sulfide) groups is 1. The fourth-order valence-corrected chi connectivity index (χ4v) is 2.15. The van der Waals surface area contributed by atoms with E-state index in [4.69, 9.17) is 0 Å². The Kier molecular flexibility index (Phi) is 3.66. The minimum atomic E-state index is 0.355. The summed E-state index contributed by atoms with van der Waals surface area (Å²) in [5, 5.41) is 0. The van der Waals surface area contributed by atoms with Gasteiger partial charge >= 0.3 is 0 Å². The lowest BCUT2D eigenvalue weighted by atomic mass is 10.0. The summed E-state index contributed by atoms with van der Waals surface area (Å²) >= 11 is 5.24. The molecule has 0 aliphatic rings. The van der Waals surface area contributed by atoms with E-state index in [1.807, 2.05) is 0 Å². The van der Waals surface area contributed by atoms with Crippen molar-refractivity contribution in [2.75, 3.05) is 6.26 Å². The van der Waals surface area contributed by atoms with Crippen LogP contribution in [0.1, 0.15) is 18.4 Å². The van der Waals surface area contributed by atoms with Gasteiger partial charge in [0.25, 0.3) is 0 Å². The number of rotatable bonds is 2. The first-order chi connectivity index (χ1) is 5.63. The zero-order valence-corrected chi connectivity index (χ0v) is 9.71. The predicted octanol–water partition coefficient (Wildman–Crippen LogP) is 4.11. The maximum Gasteiger partial charge on any atom is 0.0189 e. The molecule has 12 heavy (non-hydrogen) atoms. The Labute approximate surface area is 86.9 Å². The van der Waals surface area contributed by atoms with E-state index < -0.39 is 0 Å². The molecule has 0 aromatic heterocycles.